The van der Waals surface area contributed by atoms with Crippen molar-refractivity contribution in [2.75, 3.05) is 25.5 Å². The van der Waals surface area contributed by atoms with Crippen molar-refractivity contribution < 1.29 is 14.3 Å². The van der Waals surface area contributed by atoms with E-state index in [1.807, 2.05) is 42.5 Å². The molecular weight excluding hydrogens is 400 g/mol. The highest BCUT2D eigenvalue weighted by Gasteiger charge is 2.28. The number of ether oxygens (including phenoxy) is 1. The van der Waals surface area contributed by atoms with Crippen LogP contribution in [0.1, 0.15) is 16.1 Å². The van der Waals surface area contributed by atoms with Crippen LogP contribution in [0.2, 0.25) is 0 Å². The molecule has 0 bridgehead atoms. The molecule has 2 N–H and O–H groups in total. The highest BCUT2D eigenvalue weighted by atomic mass is 32.1. The minimum atomic E-state index is -0.676. The number of carbonyl (C=O) groups excluding carboxylic acids is 2. The monoisotopic (exact) mass is 420 g/mol. The van der Waals surface area contributed by atoms with Gasteiger partial charge < -0.3 is 14.6 Å². The number of aromatic nitrogens is 2. The predicted molar refractivity (Wildman–Crippen MR) is 118 cm³/mol. The Morgan fingerprint density at radius 1 is 1.17 bits per heavy atom. The molecule has 3 heterocycles. The van der Waals surface area contributed by atoms with Crippen LogP contribution in [0.5, 0.6) is 5.75 Å². The Hall–Kier alpha value is -3.23. The lowest BCUT2D eigenvalue weighted by molar-refractivity contribution is -0.112. The van der Waals surface area contributed by atoms with Crippen molar-refractivity contribution >= 4 is 49.3 Å². The molecule has 4 aromatic rings. The number of ketones is 1. The van der Waals surface area contributed by atoms with Crippen molar-refractivity contribution in [3.05, 3.63) is 53.7 Å². The molecule has 0 saturated heterocycles. The maximum absolute atomic E-state index is 13.3. The molecule has 0 radical (unpaired) electrons. The number of amides is 1. The van der Waals surface area contributed by atoms with E-state index >= 15 is 0 Å². The third-order valence-electron chi connectivity index (χ3n) is 5.38. The Balaban J connectivity index is 1.51. The molecule has 0 unspecified atom stereocenters. The van der Waals surface area contributed by atoms with Crippen molar-refractivity contribution in [1.82, 2.24) is 14.9 Å². The molecule has 8 heteroatoms. The molecular formula is C22H20N4O3S. The van der Waals surface area contributed by atoms with Crippen LogP contribution in [0.25, 0.3) is 21.1 Å². The van der Waals surface area contributed by atoms with Crippen LogP contribution < -0.4 is 15.4 Å². The van der Waals surface area contributed by atoms with E-state index in [0.717, 1.165) is 40.9 Å². The van der Waals surface area contributed by atoms with Crippen LogP contribution in [-0.2, 0) is 17.8 Å². The van der Waals surface area contributed by atoms with E-state index in [2.05, 4.69) is 20.2 Å². The van der Waals surface area contributed by atoms with Gasteiger partial charge >= 0.3 is 0 Å². The molecule has 5 rings (SSSR count). The van der Waals surface area contributed by atoms with E-state index in [4.69, 9.17) is 4.74 Å². The largest absolute Gasteiger partial charge is 0.494 e. The molecule has 0 aliphatic carbocycles. The normalized spacial score (nSPS) is 13.8. The molecule has 1 amide bonds. The highest BCUT2D eigenvalue weighted by Crippen LogP contribution is 2.33. The van der Waals surface area contributed by atoms with Crippen LogP contribution in [-0.4, -0.2) is 41.4 Å². The van der Waals surface area contributed by atoms with Crippen LogP contribution in [0, 0.1) is 0 Å². The molecule has 0 spiro atoms. The maximum Gasteiger partial charge on any atom is 0.298 e. The first-order valence-electron chi connectivity index (χ1n) is 9.77. The van der Waals surface area contributed by atoms with E-state index in [0.29, 0.717) is 28.4 Å². The fraction of sp³-hybridized carbons (Fsp3) is 0.227. The number of carbonyl (C=O) groups is 2. The first-order chi connectivity index (χ1) is 14.7. The third kappa shape index (κ3) is 3.05. The lowest BCUT2D eigenvalue weighted by atomic mass is 10.0. The predicted octanol–water partition coefficient (Wildman–Crippen LogP) is 3.23. The summed E-state index contributed by atoms with van der Waals surface area (Å²) in [5.41, 5.74) is 3.05. The number of rotatable bonds is 4. The number of methoxy groups -OCH3 is 1. The minimum Gasteiger partial charge on any atom is -0.494 e. The van der Waals surface area contributed by atoms with Crippen LogP contribution in [0.15, 0.2) is 42.5 Å². The number of hydrogen-bond donors (Lipinski definition) is 2. The zero-order valence-electron chi connectivity index (χ0n) is 16.4. The van der Waals surface area contributed by atoms with E-state index in [-0.39, 0.29) is 0 Å². The summed E-state index contributed by atoms with van der Waals surface area (Å²) in [5, 5.41) is 7.25. The highest BCUT2D eigenvalue weighted by molar-refractivity contribution is 7.22. The molecule has 0 fully saturated rings. The quantitative estimate of drug-likeness (QED) is 0.391. The van der Waals surface area contributed by atoms with Gasteiger partial charge in [0, 0.05) is 42.7 Å². The van der Waals surface area contributed by atoms with Gasteiger partial charge in [0.15, 0.2) is 5.13 Å². The topological polar surface area (TPSA) is 85.2 Å². The maximum atomic E-state index is 13.3. The van der Waals surface area contributed by atoms with Crippen molar-refractivity contribution in [2.24, 2.45) is 0 Å². The molecule has 1 aliphatic heterocycles. The molecule has 1 aliphatic rings. The van der Waals surface area contributed by atoms with Gasteiger partial charge in [-0.3, -0.25) is 14.9 Å². The average Bonchev–Trinajstić information content (AvgIpc) is 3.21. The second kappa shape index (κ2) is 7.55. The second-order valence-corrected chi connectivity index (χ2v) is 8.13. The second-order valence-electron chi connectivity index (χ2n) is 7.10. The molecule has 0 atom stereocenters. The SMILES string of the molecule is COc1cccc2sc(NC(=O)C(=O)c3c4n(c5ccccc35)CCNCC4)nc12. The van der Waals surface area contributed by atoms with Crippen molar-refractivity contribution in [3.63, 3.8) is 0 Å². The van der Waals surface area contributed by atoms with Gasteiger partial charge in [-0.25, -0.2) is 4.98 Å². The smallest absolute Gasteiger partial charge is 0.298 e. The summed E-state index contributed by atoms with van der Waals surface area (Å²) < 4.78 is 8.36. The molecule has 2 aromatic carbocycles. The molecule has 2 aromatic heterocycles. The van der Waals surface area contributed by atoms with Gasteiger partial charge in [-0.2, -0.15) is 0 Å². The van der Waals surface area contributed by atoms with Gasteiger partial charge in [-0.15, -0.1) is 0 Å². The van der Waals surface area contributed by atoms with E-state index in [1.165, 1.54) is 11.3 Å². The Labute approximate surface area is 176 Å². The first-order valence-corrected chi connectivity index (χ1v) is 10.6. The number of para-hydroxylation sites is 2. The number of nitrogens with zero attached hydrogens (tertiary/aromatic N) is 2. The zero-order valence-corrected chi connectivity index (χ0v) is 17.2. The standard InChI is InChI=1S/C22H20N4O3S/c1-29-16-7-4-8-17-19(16)24-22(30-17)25-21(28)20(27)18-13-5-2-3-6-14(13)26-12-11-23-10-9-15(18)26/h2-8,23H,9-12H2,1H3,(H,24,25,28). The Kier molecular flexibility index (Phi) is 4.72. The lowest BCUT2D eigenvalue weighted by Gasteiger charge is -2.06. The number of hydrogen-bond acceptors (Lipinski definition) is 6. The summed E-state index contributed by atoms with van der Waals surface area (Å²) in [4.78, 5) is 30.6. The van der Waals surface area contributed by atoms with Gasteiger partial charge in [-0.05, 0) is 18.2 Å². The Morgan fingerprint density at radius 2 is 2.03 bits per heavy atom. The molecule has 30 heavy (non-hydrogen) atoms. The number of Topliss-reactive ketones (excluding diaryl/α,β-unsaturated/α-hetero) is 1. The summed E-state index contributed by atoms with van der Waals surface area (Å²) in [7, 11) is 1.58. The van der Waals surface area contributed by atoms with Crippen LogP contribution in [0.4, 0.5) is 5.13 Å². The summed E-state index contributed by atoms with van der Waals surface area (Å²) in [6, 6.07) is 13.3. The van der Waals surface area contributed by atoms with Crippen LogP contribution >= 0.6 is 11.3 Å². The minimum absolute atomic E-state index is 0.379. The fourth-order valence-corrected chi connectivity index (χ4v) is 4.93. The van der Waals surface area contributed by atoms with Crippen molar-refractivity contribution in [3.8, 4) is 5.75 Å². The summed E-state index contributed by atoms with van der Waals surface area (Å²) in [6.45, 7) is 2.37. The molecule has 0 saturated carbocycles. The zero-order chi connectivity index (χ0) is 20.7. The number of nitrogens with one attached hydrogen (secondary N) is 2. The van der Waals surface area contributed by atoms with Gasteiger partial charge in [0.2, 0.25) is 0 Å². The van der Waals surface area contributed by atoms with Gasteiger partial charge in [0.25, 0.3) is 11.7 Å². The van der Waals surface area contributed by atoms with Crippen molar-refractivity contribution in [1.29, 1.82) is 0 Å². The van der Waals surface area contributed by atoms with Gasteiger partial charge in [0.05, 0.1) is 17.4 Å². The number of thiazole rings is 1. The first kappa shape index (κ1) is 18.8. The third-order valence-corrected chi connectivity index (χ3v) is 6.32. The average molecular weight is 420 g/mol. The Bertz CT molecular complexity index is 1290. The lowest BCUT2D eigenvalue weighted by Crippen LogP contribution is -2.24. The number of fused-ring (bicyclic) bond motifs is 4. The fourth-order valence-electron chi connectivity index (χ4n) is 4.06. The van der Waals surface area contributed by atoms with Crippen molar-refractivity contribution in [2.45, 2.75) is 13.0 Å². The van der Waals surface area contributed by atoms with E-state index < -0.39 is 11.7 Å². The van der Waals surface area contributed by atoms with E-state index in [9.17, 15) is 9.59 Å². The number of benzene rings is 2. The summed E-state index contributed by atoms with van der Waals surface area (Å²) in [5.74, 6) is -0.579. The Morgan fingerprint density at radius 3 is 2.90 bits per heavy atom. The molecule has 7 nitrogen and oxygen atoms in total. The van der Waals surface area contributed by atoms with Gasteiger partial charge in [-0.1, -0.05) is 35.6 Å². The van der Waals surface area contributed by atoms with Crippen LogP contribution in [0.3, 0.4) is 0 Å². The summed E-state index contributed by atoms with van der Waals surface area (Å²) in [6.07, 6.45) is 0.696. The van der Waals surface area contributed by atoms with Gasteiger partial charge in [0.1, 0.15) is 11.3 Å². The summed E-state index contributed by atoms with van der Waals surface area (Å²) >= 11 is 1.32. The number of anilines is 1. The van der Waals surface area contributed by atoms with E-state index in [1.54, 1.807) is 7.11 Å². The molecule has 152 valence electrons.